The lowest BCUT2D eigenvalue weighted by Gasteiger charge is -2.18. The van der Waals surface area contributed by atoms with Crippen molar-refractivity contribution in [2.24, 2.45) is 0 Å². The van der Waals surface area contributed by atoms with Gasteiger partial charge in [-0.05, 0) is 50.3 Å². The summed E-state index contributed by atoms with van der Waals surface area (Å²) < 4.78 is 14.5. The van der Waals surface area contributed by atoms with Gasteiger partial charge in [-0.25, -0.2) is 4.98 Å². The van der Waals surface area contributed by atoms with Crippen LogP contribution in [-0.4, -0.2) is 51.8 Å². The lowest BCUT2D eigenvalue weighted by atomic mass is 10.1. The van der Waals surface area contributed by atoms with Crippen LogP contribution in [0.4, 0.5) is 0 Å². The fraction of sp³-hybridized carbons (Fsp3) is 0.478. The number of ether oxygens (including phenoxy) is 2. The van der Waals surface area contributed by atoms with Gasteiger partial charge >= 0.3 is 0 Å². The first-order valence-corrected chi connectivity index (χ1v) is 11.1. The molecule has 2 atom stereocenters. The third-order valence-electron chi connectivity index (χ3n) is 6.30. The SMILES string of the molecule is Cc1cccn2c(=O)c3cc(C(=O)NC[C@H]4CCCO4)c(=N)n(C[C@H]4CCCO4)c3nc12. The molecule has 2 N–H and O–H groups in total. The maximum atomic E-state index is 13.3. The molecule has 5 rings (SSSR count). The van der Waals surface area contributed by atoms with Crippen molar-refractivity contribution in [3.63, 3.8) is 0 Å². The zero-order chi connectivity index (χ0) is 22.2. The van der Waals surface area contributed by atoms with Crippen LogP contribution in [0.5, 0.6) is 0 Å². The van der Waals surface area contributed by atoms with E-state index in [2.05, 4.69) is 5.32 Å². The van der Waals surface area contributed by atoms with Crippen molar-refractivity contribution in [2.45, 2.75) is 51.4 Å². The van der Waals surface area contributed by atoms with E-state index < -0.39 is 0 Å². The highest BCUT2D eigenvalue weighted by Gasteiger charge is 2.23. The summed E-state index contributed by atoms with van der Waals surface area (Å²) in [5.41, 5.74) is 1.73. The van der Waals surface area contributed by atoms with E-state index in [9.17, 15) is 9.59 Å². The topological polar surface area (TPSA) is 111 Å². The van der Waals surface area contributed by atoms with E-state index in [0.717, 1.165) is 31.2 Å². The largest absolute Gasteiger partial charge is 0.376 e. The second-order valence-electron chi connectivity index (χ2n) is 8.54. The summed E-state index contributed by atoms with van der Waals surface area (Å²) in [6.45, 7) is 4.03. The number of hydrogen-bond acceptors (Lipinski definition) is 6. The second kappa shape index (κ2) is 8.48. The minimum Gasteiger partial charge on any atom is -0.376 e. The van der Waals surface area contributed by atoms with Crippen LogP contribution in [-0.2, 0) is 16.0 Å². The summed E-state index contributed by atoms with van der Waals surface area (Å²) in [5.74, 6) is -0.387. The Kier molecular flexibility index (Phi) is 5.52. The summed E-state index contributed by atoms with van der Waals surface area (Å²) in [5, 5.41) is 12.0. The molecule has 2 aliphatic rings. The third-order valence-corrected chi connectivity index (χ3v) is 6.30. The molecule has 0 aromatic carbocycles. The van der Waals surface area contributed by atoms with Crippen LogP contribution in [0.1, 0.15) is 41.6 Å². The highest BCUT2D eigenvalue weighted by Crippen LogP contribution is 2.18. The van der Waals surface area contributed by atoms with Gasteiger partial charge in [0.25, 0.3) is 11.5 Å². The van der Waals surface area contributed by atoms with E-state index in [-0.39, 0.29) is 34.7 Å². The van der Waals surface area contributed by atoms with Crippen molar-refractivity contribution in [1.29, 1.82) is 5.41 Å². The summed E-state index contributed by atoms with van der Waals surface area (Å²) in [4.78, 5) is 31.1. The van der Waals surface area contributed by atoms with Gasteiger partial charge in [-0.15, -0.1) is 0 Å². The molecule has 1 amide bonds. The molecule has 0 saturated carbocycles. The first-order chi connectivity index (χ1) is 15.5. The Hall–Kier alpha value is -3.04. The monoisotopic (exact) mass is 437 g/mol. The van der Waals surface area contributed by atoms with Gasteiger partial charge in [0.15, 0.2) is 0 Å². The number of aryl methyl sites for hydroxylation is 1. The van der Waals surface area contributed by atoms with Gasteiger partial charge in [0.2, 0.25) is 0 Å². The molecule has 32 heavy (non-hydrogen) atoms. The number of pyridine rings is 2. The zero-order valence-electron chi connectivity index (χ0n) is 18.1. The molecule has 3 aromatic rings. The predicted octanol–water partition coefficient (Wildman–Crippen LogP) is 1.52. The van der Waals surface area contributed by atoms with Gasteiger partial charge in [0, 0.05) is 26.0 Å². The quantitative estimate of drug-likeness (QED) is 0.588. The Bertz CT molecular complexity index is 1300. The van der Waals surface area contributed by atoms with Crippen molar-refractivity contribution in [1.82, 2.24) is 19.3 Å². The number of nitrogens with zero attached hydrogens (tertiary/aromatic N) is 3. The molecular weight excluding hydrogens is 410 g/mol. The van der Waals surface area contributed by atoms with E-state index in [1.807, 2.05) is 13.0 Å². The van der Waals surface area contributed by atoms with Crippen LogP contribution >= 0.6 is 0 Å². The Morgan fingerprint density at radius 2 is 1.97 bits per heavy atom. The molecule has 0 radical (unpaired) electrons. The normalized spacial score (nSPS) is 20.9. The maximum Gasteiger partial charge on any atom is 0.267 e. The predicted molar refractivity (Wildman–Crippen MR) is 118 cm³/mol. The molecule has 9 nitrogen and oxygen atoms in total. The van der Waals surface area contributed by atoms with Crippen LogP contribution in [0.3, 0.4) is 0 Å². The molecule has 3 aromatic heterocycles. The summed E-state index contributed by atoms with van der Waals surface area (Å²) >= 11 is 0. The molecule has 5 heterocycles. The van der Waals surface area contributed by atoms with E-state index in [1.165, 1.54) is 10.5 Å². The molecule has 0 bridgehead atoms. The van der Waals surface area contributed by atoms with Gasteiger partial charge in [0.05, 0.1) is 29.7 Å². The van der Waals surface area contributed by atoms with E-state index in [4.69, 9.17) is 19.9 Å². The van der Waals surface area contributed by atoms with Crippen LogP contribution in [0.15, 0.2) is 29.2 Å². The number of hydrogen-bond donors (Lipinski definition) is 2. The zero-order valence-corrected chi connectivity index (χ0v) is 18.1. The first kappa shape index (κ1) is 20.8. The third kappa shape index (κ3) is 3.71. The van der Waals surface area contributed by atoms with Crippen LogP contribution < -0.4 is 16.4 Å². The molecule has 0 unspecified atom stereocenters. The van der Waals surface area contributed by atoms with Crippen molar-refractivity contribution in [3.05, 3.63) is 51.4 Å². The summed E-state index contributed by atoms with van der Waals surface area (Å²) in [6.07, 6.45) is 5.30. The molecule has 2 aliphatic heterocycles. The molecular formula is C23H27N5O4. The molecule has 0 spiro atoms. The van der Waals surface area contributed by atoms with Crippen molar-refractivity contribution in [2.75, 3.05) is 19.8 Å². The minimum absolute atomic E-state index is 0.00758. The van der Waals surface area contributed by atoms with Crippen molar-refractivity contribution < 1.29 is 14.3 Å². The maximum absolute atomic E-state index is 13.3. The van der Waals surface area contributed by atoms with Crippen LogP contribution in [0.2, 0.25) is 0 Å². The Morgan fingerprint density at radius 3 is 2.69 bits per heavy atom. The number of amides is 1. The highest BCUT2D eigenvalue weighted by atomic mass is 16.5. The minimum atomic E-state index is -0.387. The Labute approximate surface area is 184 Å². The average molecular weight is 438 g/mol. The molecule has 168 valence electrons. The Morgan fingerprint density at radius 1 is 1.22 bits per heavy atom. The van der Waals surface area contributed by atoms with Gasteiger partial charge < -0.3 is 19.4 Å². The Balaban J connectivity index is 1.65. The number of fused-ring (bicyclic) bond motifs is 2. The average Bonchev–Trinajstić information content (AvgIpc) is 3.49. The highest BCUT2D eigenvalue weighted by molar-refractivity contribution is 5.96. The lowest BCUT2D eigenvalue weighted by Crippen LogP contribution is -2.39. The molecule has 0 aliphatic carbocycles. The summed E-state index contributed by atoms with van der Waals surface area (Å²) in [7, 11) is 0. The second-order valence-corrected chi connectivity index (χ2v) is 8.54. The molecule has 9 heteroatoms. The number of rotatable bonds is 5. The van der Waals surface area contributed by atoms with Crippen molar-refractivity contribution >= 4 is 22.6 Å². The lowest BCUT2D eigenvalue weighted by molar-refractivity contribution is 0.0851. The van der Waals surface area contributed by atoms with Gasteiger partial charge in [0.1, 0.15) is 16.8 Å². The van der Waals surface area contributed by atoms with Crippen molar-refractivity contribution in [3.8, 4) is 0 Å². The number of aromatic nitrogens is 3. The number of carbonyl (C=O) groups excluding carboxylic acids is 1. The van der Waals surface area contributed by atoms with Crippen LogP contribution in [0, 0.1) is 12.3 Å². The van der Waals surface area contributed by atoms with Gasteiger partial charge in [-0.2, -0.15) is 0 Å². The van der Waals surface area contributed by atoms with E-state index in [1.54, 1.807) is 16.8 Å². The first-order valence-electron chi connectivity index (χ1n) is 11.1. The number of nitrogens with one attached hydrogen (secondary N) is 2. The molecule has 2 saturated heterocycles. The standard InChI is InChI=1S/C23H27N5O4/c1-14-5-2-8-27-20(14)26-21-18(23(27)30)11-17(22(29)25-12-15-6-3-9-31-15)19(24)28(21)13-16-7-4-10-32-16/h2,5,8,11,15-16,24H,3-4,6-7,9-10,12-13H2,1H3,(H,25,29)/t15-,16-/m1/s1. The fourth-order valence-electron chi connectivity index (χ4n) is 4.55. The van der Waals surface area contributed by atoms with Crippen LogP contribution in [0.25, 0.3) is 16.7 Å². The van der Waals surface area contributed by atoms with Gasteiger partial charge in [-0.1, -0.05) is 6.07 Å². The summed E-state index contributed by atoms with van der Waals surface area (Å²) in [6, 6.07) is 5.19. The van der Waals surface area contributed by atoms with E-state index in [0.29, 0.717) is 43.0 Å². The van der Waals surface area contributed by atoms with Gasteiger partial charge in [-0.3, -0.25) is 19.4 Å². The number of carbonyl (C=O) groups is 1. The molecule has 2 fully saturated rings. The smallest absolute Gasteiger partial charge is 0.267 e. The van der Waals surface area contributed by atoms with E-state index >= 15 is 0 Å². The fourth-order valence-corrected chi connectivity index (χ4v) is 4.55.